The first-order valence-electron chi connectivity index (χ1n) is 11.9. The van der Waals surface area contributed by atoms with Crippen LogP contribution in [0.25, 0.3) is 22.4 Å². The van der Waals surface area contributed by atoms with Crippen LogP contribution in [-0.4, -0.2) is 32.4 Å². The van der Waals surface area contributed by atoms with Gasteiger partial charge >= 0.3 is 0 Å². The van der Waals surface area contributed by atoms with Crippen molar-refractivity contribution in [2.45, 2.75) is 38.8 Å². The molecule has 0 amide bonds. The molecule has 0 bridgehead atoms. The van der Waals surface area contributed by atoms with E-state index in [0.29, 0.717) is 5.92 Å². The van der Waals surface area contributed by atoms with Crippen LogP contribution in [0.3, 0.4) is 0 Å². The monoisotopic (exact) mass is 441 g/mol. The predicted molar refractivity (Wildman–Crippen MR) is 129 cm³/mol. The van der Waals surface area contributed by atoms with Crippen molar-refractivity contribution in [2.75, 3.05) is 18.0 Å². The molecular formula is C27H28FN5. The number of aromatic nitrogens is 4. The molecule has 2 aromatic heterocycles. The van der Waals surface area contributed by atoms with Gasteiger partial charge in [0.05, 0.1) is 30.5 Å². The summed E-state index contributed by atoms with van der Waals surface area (Å²) in [7, 11) is 0. The predicted octanol–water partition coefficient (Wildman–Crippen LogP) is 5.78. The summed E-state index contributed by atoms with van der Waals surface area (Å²) in [6, 6.07) is 14.3. The molecule has 33 heavy (non-hydrogen) atoms. The van der Waals surface area contributed by atoms with E-state index in [1.54, 1.807) is 12.1 Å². The van der Waals surface area contributed by atoms with E-state index in [-0.39, 0.29) is 11.9 Å². The van der Waals surface area contributed by atoms with Crippen molar-refractivity contribution in [3.63, 3.8) is 0 Å². The molecule has 1 atom stereocenters. The molecule has 2 aliphatic rings. The quantitative estimate of drug-likeness (QED) is 0.394. The van der Waals surface area contributed by atoms with Gasteiger partial charge in [0.25, 0.3) is 0 Å². The van der Waals surface area contributed by atoms with Crippen LogP contribution in [0.15, 0.2) is 67.4 Å². The number of benzene rings is 2. The molecule has 4 heterocycles. The number of fused-ring (bicyclic) bond motifs is 3. The molecule has 0 spiro atoms. The fourth-order valence-electron chi connectivity index (χ4n) is 5.60. The number of aryl methyl sites for hydroxylation is 1. The fourth-order valence-corrected chi connectivity index (χ4v) is 5.60. The Kier molecular flexibility index (Phi) is 5.01. The van der Waals surface area contributed by atoms with Crippen molar-refractivity contribution in [1.29, 1.82) is 0 Å². The highest BCUT2D eigenvalue weighted by molar-refractivity contribution is 5.69. The SMILES string of the molecule is CCCn1cc(-c2ccc(N3CCC([C@H]4c5c(F)cccc5-c5cncn54)CC3)cc2)cn1. The van der Waals surface area contributed by atoms with Gasteiger partial charge in [-0.25, -0.2) is 9.37 Å². The molecule has 168 valence electrons. The Hall–Kier alpha value is -3.41. The van der Waals surface area contributed by atoms with Crippen LogP contribution in [0.1, 0.15) is 37.8 Å². The zero-order valence-electron chi connectivity index (χ0n) is 18.9. The zero-order chi connectivity index (χ0) is 22.4. The average Bonchev–Trinajstić information content (AvgIpc) is 3.57. The maximum atomic E-state index is 14.9. The smallest absolute Gasteiger partial charge is 0.129 e. The number of nitrogens with zero attached hydrogens (tertiary/aromatic N) is 5. The molecule has 0 unspecified atom stereocenters. The Morgan fingerprint density at radius 3 is 2.61 bits per heavy atom. The third kappa shape index (κ3) is 3.45. The van der Waals surface area contributed by atoms with Crippen LogP contribution in [0.2, 0.25) is 0 Å². The third-order valence-corrected chi connectivity index (χ3v) is 7.23. The summed E-state index contributed by atoms with van der Waals surface area (Å²) in [4.78, 5) is 6.80. The minimum atomic E-state index is -0.0959. The van der Waals surface area contributed by atoms with Gasteiger partial charge in [-0.1, -0.05) is 31.2 Å². The Labute approximate surface area is 193 Å². The number of rotatable bonds is 5. The Morgan fingerprint density at radius 2 is 1.82 bits per heavy atom. The van der Waals surface area contributed by atoms with E-state index in [9.17, 15) is 4.39 Å². The first-order chi connectivity index (χ1) is 16.2. The first-order valence-corrected chi connectivity index (χ1v) is 11.9. The standard InChI is InChI=1S/C27H28FN5/c1-2-12-32-17-21(15-30-32)19-6-8-22(9-7-19)31-13-10-20(11-14-31)27-26-23(4-3-5-24(26)28)25-16-29-18-33(25)27/h3-9,15-18,20,27H,2,10-14H2,1H3/t27-/m0/s1. The van der Waals surface area contributed by atoms with E-state index in [0.717, 1.165) is 61.3 Å². The molecule has 0 N–H and O–H groups in total. The van der Waals surface area contributed by atoms with Crippen LogP contribution in [0.5, 0.6) is 0 Å². The maximum Gasteiger partial charge on any atom is 0.129 e. The minimum absolute atomic E-state index is 0.0443. The Morgan fingerprint density at radius 1 is 1.00 bits per heavy atom. The van der Waals surface area contributed by atoms with Crippen LogP contribution in [-0.2, 0) is 6.54 Å². The number of anilines is 1. The zero-order valence-corrected chi connectivity index (χ0v) is 18.9. The van der Waals surface area contributed by atoms with Crippen LogP contribution < -0.4 is 4.90 Å². The Bertz CT molecular complexity index is 1260. The van der Waals surface area contributed by atoms with Crippen molar-refractivity contribution < 1.29 is 4.39 Å². The maximum absolute atomic E-state index is 14.9. The van der Waals surface area contributed by atoms with Crippen molar-refractivity contribution in [2.24, 2.45) is 5.92 Å². The lowest BCUT2D eigenvalue weighted by Crippen LogP contribution is -2.36. The lowest BCUT2D eigenvalue weighted by atomic mass is 9.85. The summed E-state index contributed by atoms with van der Waals surface area (Å²) in [6.07, 6.45) is 10.9. The van der Waals surface area contributed by atoms with E-state index in [1.165, 1.54) is 11.3 Å². The van der Waals surface area contributed by atoms with Gasteiger partial charge < -0.3 is 9.47 Å². The van der Waals surface area contributed by atoms with Gasteiger partial charge in [0.2, 0.25) is 0 Å². The number of hydrogen-bond donors (Lipinski definition) is 0. The molecule has 0 saturated carbocycles. The summed E-state index contributed by atoms with van der Waals surface area (Å²) in [5, 5.41) is 4.45. The molecule has 1 saturated heterocycles. The lowest BCUT2D eigenvalue weighted by molar-refractivity contribution is 0.312. The Balaban J connectivity index is 1.17. The van der Waals surface area contributed by atoms with Gasteiger partial charge in [-0.15, -0.1) is 0 Å². The second-order valence-corrected chi connectivity index (χ2v) is 9.20. The van der Waals surface area contributed by atoms with Gasteiger partial charge in [-0.2, -0.15) is 5.10 Å². The molecule has 0 aliphatic carbocycles. The summed E-state index contributed by atoms with van der Waals surface area (Å²) in [5.41, 5.74) is 6.49. The normalized spacial score (nSPS) is 17.9. The van der Waals surface area contributed by atoms with E-state index >= 15 is 0 Å². The lowest BCUT2D eigenvalue weighted by Gasteiger charge is -2.37. The highest BCUT2D eigenvalue weighted by Crippen LogP contribution is 2.46. The largest absolute Gasteiger partial charge is 0.372 e. The summed E-state index contributed by atoms with van der Waals surface area (Å²) >= 11 is 0. The van der Waals surface area contributed by atoms with Gasteiger partial charge in [-0.05, 0) is 48.9 Å². The fraction of sp³-hybridized carbons (Fsp3) is 0.333. The second-order valence-electron chi connectivity index (χ2n) is 9.20. The van der Waals surface area contributed by atoms with Crippen molar-refractivity contribution in [3.05, 3.63) is 78.8 Å². The topological polar surface area (TPSA) is 38.9 Å². The van der Waals surface area contributed by atoms with Gasteiger partial charge in [0, 0.05) is 48.2 Å². The molecule has 2 aromatic carbocycles. The molecule has 0 radical (unpaired) electrons. The van der Waals surface area contributed by atoms with Gasteiger partial charge in [0.1, 0.15) is 5.82 Å². The number of hydrogen-bond acceptors (Lipinski definition) is 3. The average molecular weight is 442 g/mol. The van der Waals surface area contributed by atoms with E-state index in [1.807, 2.05) is 29.5 Å². The molecule has 5 nitrogen and oxygen atoms in total. The van der Waals surface area contributed by atoms with Crippen LogP contribution >= 0.6 is 0 Å². The number of halogens is 1. The number of piperidine rings is 1. The molecular weight excluding hydrogens is 413 g/mol. The highest BCUT2D eigenvalue weighted by Gasteiger charge is 2.37. The summed E-state index contributed by atoms with van der Waals surface area (Å²) in [5.74, 6) is 0.303. The second kappa shape index (κ2) is 8.18. The van der Waals surface area contributed by atoms with Crippen LogP contribution in [0.4, 0.5) is 10.1 Å². The van der Waals surface area contributed by atoms with E-state index in [2.05, 4.69) is 56.9 Å². The third-order valence-electron chi connectivity index (χ3n) is 7.23. The molecule has 4 aromatic rings. The van der Waals surface area contributed by atoms with E-state index in [4.69, 9.17) is 0 Å². The van der Waals surface area contributed by atoms with Crippen molar-refractivity contribution >= 4 is 5.69 Å². The molecule has 6 rings (SSSR count). The first kappa shape index (κ1) is 20.2. The van der Waals surface area contributed by atoms with Gasteiger partial charge in [0.15, 0.2) is 0 Å². The van der Waals surface area contributed by atoms with Crippen LogP contribution in [0, 0.1) is 11.7 Å². The summed E-state index contributed by atoms with van der Waals surface area (Å²) < 4.78 is 19.0. The van der Waals surface area contributed by atoms with Gasteiger partial charge in [-0.3, -0.25) is 4.68 Å². The molecule has 6 heteroatoms. The molecule has 2 aliphatic heterocycles. The van der Waals surface area contributed by atoms with E-state index < -0.39 is 0 Å². The number of imidazole rings is 1. The summed E-state index contributed by atoms with van der Waals surface area (Å²) in [6.45, 7) is 5.06. The van der Waals surface area contributed by atoms with Crippen molar-refractivity contribution in [3.8, 4) is 22.4 Å². The van der Waals surface area contributed by atoms with Crippen molar-refractivity contribution in [1.82, 2.24) is 19.3 Å². The molecule has 1 fully saturated rings. The highest BCUT2D eigenvalue weighted by atomic mass is 19.1. The minimum Gasteiger partial charge on any atom is -0.372 e.